The third-order valence-electron chi connectivity index (χ3n) is 3.47. The summed E-state index contributed by atoms with van der Waals surface area (Å²) in [4.78, 5) is 8.39. The lowest BCUT2D eigenvalue weighted by molar-refractivity contribution is 0.120. The van der Waals surface area contributed by atoms with Crippen LogP contribution in [0.2, 0.25) is 0 Å². The summed E-state index contributed by atoms with van der Waals surface area (Å²) in [5.41, 5.74) is 1.67. The maximum absolute atomic E-state index is 9.79. The second-order valence-electron chi connectivity index (χ2n) is 5.21. The summed E-state index contributed by atoms with van der Waals surface area (Å²) >= 11 is 0. The van der Waals surface area contributed by atoms with Crippen molar-refractivity contribution in [3.8, 4) is 0 Å². The van der Waals surface area contributed by atoms with E-state index < -0.39 is 0 Å². The second-order valence-corrected chi connectivity index (χ2v) is 5.21. The van der Waals surface area contributed by atoms with E-state index in [-0.39, 0.29) is 12.0 Å². The number of aliphatic hydroxyl groups excluding tert-OH is 1. The summed E-state index contributed by atoms with van der Waals surface area (Å²) < 4.78 is 5.56. The van der Waals surface area contributed by atoms with E-state index in [4.69, 9.17) is 4.42 Å². The van der Waals surface area contributed by atoms with Gasteiger partial charge < -0.3 is 14.8 Å². The largest absolute Gasteiger partial charge is 0.443 e. The Bertz CT molecular complexity index is 563. The first kappa shape index (κ1) is 13.8. The maximum Gasteiger partial charge on any atom is 0.231 e. The molecule has 0 aliphatic heterocycles. The van der Waals surface area contributed by atoms with Crippen molar-refractivity contribution in [1.82, 2.24) is 9.97 Å². The molecule has 0 amide bonds. The van der Waals surface area contributed by atoms with Crippen molar-refractivity contribution < 1.29 is 9.52 Å². The standard InChI is InChI=1S/C14H21N3O2/c1-8(2)11(18)5-6-15-13-12-9(3)10(4)19-14(12)17-7-16-13/h7-8,11,18H,5-6H2,1-4H3,(H,15,16,17). The zero-order valence-corrected chi connectivity index (χ0v) is 11.9. The second kappa shape index (κ2) is 5.57. The summed E-state index contributed by atoms with van der Waals surface area (Å²) in [5.74, 6) is 1.90. The van der Waals surface area contributed by atoms with Crippen LogP contribution in [0.1, 0.15) is 31.6 Å². The van der Waals surface area contributed by atoms with Crippen LogP contribution in [0.25, 0.3) is 11.1 Å². The normalized spacial score (nSPS) is 13.2. The van der Waals surface area contributed by atoms with Gasteiger partial charge in [-0.05, 0) is 26.2 Å². The highest BCUT2D eigenvalue weighted by Crippen LogP contribution is 2.27. The van der Waals surface area contributed by atoms with Crippen LogP contribution < -0.4 is 5.32 Å². The van der Waals surface area contributed by atoms with Crippen LogP contribution in [0.15, 0.2) is 10.7 Å². The molecule has 2 aromatic heterocycles. The SMILES string of the molecule is Cc1oc2ncnc(NCCC(O)C(C)C)c2c1C. The molecule has 0 aliphatic carbocycles. The van der Waals surface area contributed by atoms with Gasteiger partial charge in [-0.3, -0.25) is 0 Å². The Morgan fingerprint density at radius 3 is 2.74 bits per heavy atom. The highest BCUT2D eigenvalue weighted by Gasteiger charge is 2.14. The van der Waals surface area contributed by atoms with Crippen molar-refractivity contribution in [3.63, 3.8) is 0 Å². The summed E-state index contributed by atoms with van der Waals surface area (Å²) in [5, 5.41) is 14.0. The number of nitrogens with one attached hydrogen (secondary N) is 1. The van der Waals surface area contributed by atoms with Crippen LogP contribution in [0.5, 0.6) is 0 Å². The van der Waals surface area contributed by atoms with Crippen LogP contribution in [0.4, 0.5) is 5.82 Å². The van der Waals surface area contributed by atoms with Gasteiger partial charge in [-0.2, -0.15) is 0 Å². The molecule has 104 valence electrons. The lowest BCUT2D eigenvalue weighted by atomic mass is 10.0. The van der Waals surface area contributed by atoms with Crippen molar-refractivity contribution in [2.45, 2.75) is 40.2 Å². The average Bonchev–Trinajstić information content (AvgIpc) is 2.66. The molecule has 2 heterocycles. The third-order valence-corrected chi connectivity index (χ3v) is 3.47. The lowest BCUT2D eigenvalue weighted by Gasteiger charge is -2.14. The van der Waals surface area contributed by atoms with Gasteiger partial charge in [-0.15, -0.1) is 0 Å². The minimum atomic E-state index is -0.294. The van der Waals surface area contributed by atoms with Gasteiger partial charge in [-0.1, -0.05) is 13.8 Å². The van der Waals surface area contributed by atoms with Crippen LogP contribution in [0.3, 0.4) is 0 Å². The minimum Gasteiger partial charge on any atom is -0.443 e. The number of aliphatic hydroxyl groups is 1. The summed E-state index contributed by atoms with van der Waals surface area (Å²) in [7, 11) is 0. The molecule has 1 unspecified atom stereocenters. The monoisotopic (exact) mass is 263 g/mol. The smallest absolute Gasteiger partial charge is 0.231 e. The molecule has 0 bridgehead atoms. The van der Waals surface area contributed by atoms with E-state index >= 15 is 0 Å². The molecule has 5 nitrogen and oxygen atoms in total. The fourth-order valence-corrected chi connectivity index (χ4v) is 1.99. The van der Waals surface area contributed by atoms with E-state index in [2.05, 4.69) is 15.3 Å². The number of furan rings is 1. The van der Waals surface area contributed by atoms with Gasteiger partial charge in [0.25, 0.3) is 0 Å². The van der Waals surface area contributed by atoms with E-state index in [9.17, 15) is 5.11 Å². The van der Waals surface area contributed by atoms with E-state index in [1.165, 1.54) is 6.33 Å². The number of nitrogens with zero attached hydrogens (tertiary/aromatic N) is 2. The highest BCUT2D eigenvalue weighted by atomic mass is 16.3. The van der Waals surface area contributed by atoms with Gasteiger partial charge in [0.1, 0.15) is 17.9 Å². The first-order chi connectivity index (χ1) is 9.00. The molecule has 2 rings (SSSR count). The van der Waals surface area contributed by atoms with E-state index in [1.54, 1.807) is 0 Å². The predicted octanol–water partition coefficient (Wildman–Crippen LogP) is 2.66. The fraction of sp³-hybridized carbons (Fsp3) is 0.571. The topological polar surface area (TPSA) is 71.2 Å². The van der Waals surface area contributed by atoms with Gasteiger partial charge in [-0.25, -0.2) is 9.97 Å². The fourth-order valence-electron chi connectivity index (χ4n) is 1.99. The Kier molecular flexibility index (Phi) is 4.04. The molecule has 2 N–H and O–H groups in total. The van der Waals surface area contributed by atoms with Gasteiger partial charge in [0.05, 0.1) is 11.5 Å². The minimum absolute atomic E-state index is 0.269. The van der Waals surface area contributed by atoms with Crippen LogP contribution >= 0.6 is 0 Å². The van der Waals surface area contributed by atoms with Crippen molar-refractivity contribution >= 4 is 16.9 Å². The van der Waals surface area contributed by atoms with Gasteiger partial charge >= 0.3 is 0 Å². The molecule has 19 heavy (non-hydrogen) atoms. The lowest BCUT2D eigenvalue weighted by Crippen LogP contribution is -2.19. The molecule has 2 aromatic rings. The Morgan fingerprint density at radius 2 is 2.05 bits per heavy atom. The summed E-state index contributed by atoms with van der Waals surface area (Å²) in [6, 6.07) is 0. The Morgan fingerprint density at radius 1 is 1.32 bits per heavy atom. The van der Waals surface area contributed by atoms with Crippen LogP contribution in [0, 0.1) is 19.8 Å². The van der Waals surface area contributed by atoms with Crippen LogP contribution in [-0.2, 0) is 0 Å². The van der Waals surface area contributed by atoms with Crippen molar-refractivity contribution in [2.75, 3.05) is 11.9 Å². The maximum atomic E-state index is 9.79. The molecular formula is C14H21N3O2. The van der Waals surface area contributed by atoms with Crippen LogP contribution in [-0.4, -0.2) is 27.7 Å². The zero-order valence-electron chi connectivity index (χ0n) is 11.9. The number of rotatable bonds is 5. The summed E-state index contributed by atoms with van der Waals surface area (Å²) in [6.45, 7) is 8.62. The number of aryl methyl sites for hydroxylation is 2. The molecular weight excluding hydrogens is 242 g/mol. The Balaban J connectivity index is 2.13. The van der Waals surface area contributed by atoms with E-state index in [1.807, 2.05) is 27.7 Å². The first-order valence-corrected chi connectivity index (χ1v) is 6.63. The molecule has 0 aliphatic rings. The summed E-state index contributed by atoms with van der Waals surface area (Å²) in [6.07, 6.45) is 1.89. The molecule has 0 saturated heterocycles. The Labute approximate surface area is 113 Å². The van der Waals surface area contributed by atoms with E-state index in [0.717, 1.165) is 22.5 Å². The number of anilines is 1. The van der Waals surface area contributed by atoms with Crippen molar-refractivity contribution in [3.05, 3.63) is 17.7 Å². The quantitative estimate of drug-likeness (QED) is 0.867. The molecule has 5 heteroatoms. The van der Waals surface area contributed by atoms with E-state index in [0.29, 0.717) is 18.7 Å². The highest BCUT2D eigenvalue weighted by molar-refractivity contribution is 5.89. The average molecular weight is 263 g/mol. The number of hydrogen-bond acceptors (Lipinski definition) is 5. The molecule has 0 saturated carbocycles. The number of fused-ring (bicyclic) bond motifs is 1. The number of hydrogen-bond donors (Lipinski definition) is 2. The molecule has 0 aromatic carbocycles. The zero-order chi connectivity index (χ0) is 14.0. The van der Waals surface area contributed by atoms with Gasteiger partial charge in [0.2, 0.25) is 5.71 Å². The predicted molar refractivity (Wildman–Crippen MR) is 75.2 cm³/mol. The van der Waals surface area contributed by atoms with Crippen molar-refractivity contribution in [2.24, 2.45) is 5.92 Å². The van der Waals surface area contributed by atoms with Crippen molar-refractivity contribution in [1.29, 1.82) is 0 Å². The Hall–Kier alpha value is -1.62. The van der Waals surface area contributed by atoms with Gasteiger partial charge in [0.15, 0.2) is 0 Å². The number of aromatic nitrogens is 2. The molecule has 0 radical (unpaired) electrons. The first-order valence-electron chi connectivity index (χ1n) is 6.63. The molecule has 0 fully saturated rings. The van der Waals surface area contributed by atoms with Gasteiger partial charge in [0, 0.05) is 12.1 Å². The molecule has 1 atom stereocenters. The molecule has 0 spiro atoms. The third kappa shape index (κ3) is 2.87.